The number of anilines is 1. The van der Waals surface area contributed by atoms with Crippen LogP contribution in [0, 0.1) is 18.7 Å². The van der Waals surface area contributed by atoms with Crippen molar-refractivity contribution in [3.63, 3.8) is 0 Å². The number of hydrogen-bond acceptors (Lipinski definition) is 2. The number of aryl methyl sites for hydroxylation is 1. The average molecular weight is 447 g/mol. The summed E-state index contributed by atoms with van der Waals surface area (Å²) in [6.45, 7) is 14.2. The van der Waals surface area contributed by atoms with Crippen molar-refractivity contribution in [2.45, 2.75) is 58.2 Å². The number of allylic oxidation sites excluding steroid dienone is 1. The van der Waals surface area contributed by atoms with Gasteiger partial charge in [0.15, 0.2) is 0 Å². The lowest BCUT2D eigenvalue weighted by molar-refractivity contribution is -0.127. The van der Waals surface area contributed by atoms with Gasteiger partial charge < -0.3 is 10.6 Å². The lowest BCUT2D eigenvalue weighted by Gasteiger charge is -2.26. The molecule has 6 heteroatoms. The summed E-state index contributed by atoms with van der Waals surface area (Å²) in [5, 5.41) is 6.59. The third-order valence-electron chi connectivity index (χ3n) is 5.68. The first-order valence-corrected chi connectivity index (χ1v) is 10.8. The molecule has 2 aromatic rings. The van der Waals surface area contributed by atoms with Crippen molar-refractivity contribution in [1.82, 2.24) is 5.32 Å². The van der Waals surface area contributed by atoms with Gasteiger partial charge >= 0.3 is 6.18 Å². The van der Waals surface area contributed by atoms with E-state index in [-0.39, 0.29) is 11.4 Å². The Morgan fingerprint density at radius 2 is 1.78 bits per heavy atom. The number of benzene rings is 2. The summed E-state index contributed by atoms with van der Waals surface area (Å²) in [6.07, 6.45) is -2.91. The van der Waals surface area contributed by atoms with Crippen molar-refractivity contribution >= 4 is 5.69 Å². The van der Waals surface area contributed by atoms with Crippen molar-refractivity contribution in [3.05, 3.63) is 77.9 Å². The molecule has 0 bridgehead atoms. The van der Waals surface area contributed by atoms with Crippen molar-refractivity contribution in [3.8, 4) is 11.1 Å². The average Bonchev–Trinajstić information content (AvgIpc) is 3.42. The fourth-order valence-electron chi connectivity index (χ4n) is 3.97. The van der Waals surface area contributed by atoms with E-state index in [4.69, 9.17) is 0 Å². The first-order chi connectivity index (χ1) is 14.9. The number of rotatable bonds is 9. The molecular weight excluding hydrogens is 416 g/mol. The van der Waals surface area contributed by atoms with E-state index in [2.05, 4.69) is 37.6 Å². The molecule has 0 amide bonds. The summed E-state index contributed by atoms with van der Waals surface area (Å²) >= 11 is 0. The minimum atomic E-state index is -4.34. The van der Waals surface area contributed by atoms with Gasteiger partial charge in [0.05, 0.1) is 12.0 Å². The van der Waals surface area contributed by atoms with Crippen LogP contribution in [0.25, 0.3) is 11.1 Å². The van der Waals surface area contributed by atoms with Crippen molar-refractivity contribution in [2.75, 3.05) is 5.32 Å². The summed E-state index contributed by atoms with van der Waals surface area (Å²) in [5.74, 6) is 0.0936. The maximum Gasteiger partial charge on any atom is 0.393 e. The molecule has 1 aliphatic rings. The molecule has 3 rings (SSSR count). The first-order valence-electron chi connectivity index (χ1n) is 10.8. The molecule has 0 unspecified atom stereocenters. The molecule has 172 valence electrons. The lowest BCUT2D eigenvalue weighted by atomic mass is 9.97. The van der Waals surface area contributed by atoms with E-state index >= 15 is 0 Å². The molecule has 0 heterocycles. The van der Waals surface area contributed by atoms with Gasteiger partial charge in [-0.25, -0.2) is 4.39 Å². The van der Waals surface area contributed by atoms with Gasteiger partial charge in [-0.1, -0.05) is 45.2 Å². The highest BCUT2D eigenvalue weighted by atomic mass is 19.4. The Bertz CT molecular complexity index is 1020. The quantitative estimate of drug-likeness (QED) is 0.389. The van der Waals surface area contributed by atoms with E-state index < -0.39 is 18.1 Å². The Morgan fingerprint density at radius 3 is 2.34 bits per heavy atom. The summed E-state index contributed by atoms with van der Waals surface area (Å²) in [4.78, 5) is 0. The van der Waals surface area contributed by atoms with Gasteiger partial charge in [-0.05, 0) is 72.6 Å². The Balaban J connectivity index is 1.90. The Morgan fingerprint density at radius 1 is 1.09 bits per heavy atom. The molecule has 0 spiro atoms. The SMILES string of the molecule is C=C(CC(C)C)NC1(C(=C)Nc2cc(-c3ccc(F)cc3C)ccc2CC(F)(F)F)CC1. The molecule has 2 N–H and O–H groups in total. The second-order valence-electron chi connectivity index (χ2n) is 9.14. The van der Waals surface area contributed by atoms with Crippen LogP contribution in [0.3, 0.4) is 0 Å². The molecule has 0 aromatic heterocycles. The smallest absolute Gasteiger partial charge is 0.378 e. The van der Waals surface area contributed by atoms with Gasteiger partial charge in [-0.3, -0.25) is 0 Å². The highest BCUT2D eigenvalue weighted by Crippen LogP contribution is 2.43. The first kappa shape index (κ1) is 23.9. The third kappa shape index (κ3) is 5.93. The van der Waals surface area contributed by atoms with Crippen LogP contribution < -0.4 is 10.6 Å². The third-order valence-corrected chi connectivity index (χ3v) is 5.68. The molecule has 0 radical (unpaired) electrons. The predicted molar refractivity (Wildman–Crippen MR) is 123 cm³/mol. The van der Waals surface area contributed by atoms with Crippen LogP contribution >= 0.6 is 0 Å². The zero-order chi connectivity index (χ0) is 23.7. The standard InChI is InChI=1S/C26H30F4N2/c1-16(2)12-18(4)32-25(10-11-25)19(5)31-24-14-20(6-7-21(24)15-26(28,29)30)23-9-8-22(27)13-17(23)3/h6-9,13-14,16,31-32H,4-5,10-12,15H2,1-3H3. The largest absolute Gasteiger partial charge is 0.393 e. The van der Waals surface area contributed by atoms with Gasteiger partial charge in [0.25, 0.3) is 0 Å². The van der Waals surface area contributed by atoms with Gasteiger partial charge in [-0.2, -0.15) is 13.2 Å². The van der Waals surface area contributed by atoms with Crippen LogP contribution in [0.4, 0.5) is 23.2 Å². The Kier molecular flexibility index (Phi) is 6.72. The molecule has 2 nitrogen and oxygen atoms in total. The van der Waals surface area contributed by atoms with Crippen LogP contribution in [0.5, 0.6) is 0 Å². The zero-order valence-corrected chi connectivity index (χ0v) is 18.8. The molecule has 0 saturated heterocycles. The van der Waals surface area contributed by atoms with Crippen molar-refractivity contribution in [1.29, 1.82) is 0 Å². The zero-order valence-electron chi connectivity index (χ0n) is 18.8. The van der Waals surface area contributed by atoms with Gasteiger partial charge in [0, 0.05) is 17.1 Å². The molecular formula is C26H30F4N2. The molecule has 2 aromatic carbocycles. The summed E-state index contributed by atoms with van der Waals surface area (Å²) < 4.78 is 53.2. The summed E-state index contributed by atoms with van der Waals surface area (Å²) in [7, 11) is 0. The maximum atomic E-state index is 13.5. The van der Waals surface area contributed by atoms with E-state index in [1.54, 1.807) is 25.1 Å². The number of nitrogens with one attached hydrogen (secondary N) is 2. The Labute approximate surface area is 187 Å². The fraction of sp³-hybridized carbons (Fsp3) is 0.385. The van der Waals surface area contributed by atoms with Gasteiger partial charge in [0.2, 0.25) is 0 Å². The number of hydrogen-bond donors (Lipinski definition) is 2. The minimum Gasteiger partial charge on any atom is -0.378 e. The molecule has 1 aliphatic carbocycles. The monoisotopic (exact) mass is 446 g/mol. The normalized spacial score (nSPS) is 14.9. The highest BCUT2D eigenvalue weighted by Gasteiger charge is 2.46. The summed E-state index contributed by atoms with van der Waals surface area (Å²) in [5.41, 5.74) is 3.81. The lowest BCUT2D eigenvalue weighted by Crippen LogP contribution is -2.35. The maximum absolute atomic E-state index is 13.5. The van der Waals surface area contributed by atoms with E-state index in [9.17, 15) is 17.6 Å². The number of halogens is 4. The van der Waals surface area contributed by atoms with Crippen LogP contribution in [0.1, 0.15) is 44.2 Å². The molecule has 0 atom stereocenters. The van der Waals surface area contributed by atoms with E-state index in [0.29, 0.717) is 28.4 Å². The van der Waals surface area contributed by atoms with Crippen LogP contribution in [0.15, 0.2) is 61.0 Å². The topological polar surface area (TPSA) is 24.1 Å². The fourth-order valence-corrected chi connectivity index (χ4v) is 3.97. The van der Waals surface area contributed by atoms with Crippen LogP contribution in [0.2, 0.25) is 0 Å². The van der Waals surface area contributed by atoms with E-state index in [1.165, 1.54) is 18.2 Å². The molecule has 1 saturated carbocycles. The number of alkyl halides is 3. The van der Waals surface area contributed by atoms with E-state index in [0.717, 1.165) is 30.5 Å². The highest BCUT2D eigenvalue weighted by molar-refractivity contribution is 5.73. The van der Waals surface area contributed by atoms with Crippen LogP contribution in [-0.4, -0.2) is 11.7 Å². The molecule has 0 aliphatic heterocycles. The van der Waals surface area contributed by atoms with Crippen LogP contribution in [-0.2, 0) is 6.42 Å². The Hall–Kier alpha value is -2.76. The second kappa shape index (κ2) is 9.00. The predicted octanol–water partition coefficient (Wildman–Crippen LogP) is 7.51. The van der Waals surface area contributed by atoms with Gasteiger partial charge in [-0.15, -0.1) is 0 Å². The second-order valence-corrected chi connectivity index (χ2v) is 9.14. The van der Waals surface area contributed by atoms with E-state index in [1.807, 2.05) is 0 Å². The van der Waals surface area contributed by atoms with Gasteiger partial charge in [0.1, 0.15) is 5.82 Å². The minimum absolute atomic E-state index is 0.138. The van der Waals surface area contributed by atoms with Crippen molar-refractivity contribution < 1.29 is 17.6 Å². The molecule has 32 heavy (non-hydrogen) atoms. The van der Waals surface area contributed by atoms with Crippen molar-refractivity contribution in [2.24, 2.45) is 5.92 Å². The molecule has 1 fully saturated rings. The summed E-state index contributed by atoms with van der Waals surface area (Å²) in [6, 6.07) is 9.21.